The zero-order chi connectivity index (χ0) is 17.5. The van der Waals surface area contributed by atoms with Gasteiger partial charge in [0.05, 0.1) is 7.11 Å². The fourth-order valence-corrected chi connectivity index (χ4v) is 2.75. The third-order valence-corrected chi connectivity index (χ3v) is 4.06. The topological polar surface area (TPSA) is 105 Å². The van der Waals surface area contributed by atoms with Gasteiger partial charge in [-0.2, -0.15) is 0 Å². The van der Waals surface area contributed by atoms with Crippen molar-refractivity contribution in [3.05, 3.63) is 23.8 Å². The summed E-state index contributed by atoms with van der Waals surface area (Å²) < 4.78 is 4.55. The van der Waals surface area contributed by atoms with E-state index in [0.717, 1.165) is 38.5 Å². The smallest absolute Gasteiger partial charge is 0.341 e. The van der Waals surface area contributed by atoms with Crippen molar-refractivity contribution in [2.24, 2.45) is 0 Å². The highest BCUT2D eigenvalue weighted by molar-refractivity contribution is 6.39. The largest absolute Gasteiger partial charge is 0.507 e. The van der Waals surface area contributed by atoms with Crippen LogP contribution < -0.4 is 10.6 Å². The number of aromatic hydroxyl groups is 1. The summed E-state index contributed by atoms with van der Waals surface area (Å²) in [6.45, 7) is 0. The molecule has 0 aromatic heterocycles. The number of esters is 1. The lowest BCUT2D eigenvalue weighted by atomic mass is 10.1. The number of phenolic OH excluding ortho intramolecular Hbond substituents is 1. The maximum Gasteiger partial charge on any atom is 0.341 e. The normalized spacial score (nSPS) is 15.2. The third kappa shape index (κ3) is 4.71. The molecule has 2 rings (SSSR count). The lowest BCUT2D eigenvalue weighted by Gasteiger charge is -2.16. The molecule has 0 aliphatic heterocycles. The second-order valence-electron chi connectivity index (χ2n) is 5.84. The highest BCUT2D eigenvalue weighted by atomic mass is 16.5. The van der Waals surface area contributed by atoms with Crippen molar-refractivity contribution in [1.82, 2.24) is 5.32 Å². The molecule has 1 aromatic carbocycles. The molecule has 0 bridgehead atoms. The van der Waals surface area contributed by atoms with E-state index in [-0.39, 0.29) is 23.0 Å². The van der Waals surface area contributed by atoms with Crippen LogP contribution in [0, 0.1) is 0 Å². The molecule has 0 heterocycles. The molecule has 7 nitrogen and oxygen atoms in total. The first kappa shape index (κ1) is 17.8. The number of amides is 2. The van der Waals surface area contributed by atoms with Crippen LogP contribution in [-0.2, 0) is 14.3 Å². The van der Waals surface area contributed by atoms with Gasteiger partial charge in [0.25, 0.3) is 0 Å². The van der Waals surface area contributed by atoms with Crippen molar-refractivity contribution in [3.8, 4) is 5.75 Å². The lowest BCUT2D eigenvalue weighted by Crippen LogP contribution is -2.41. The van der Waals surface area contributed by atoms with Gasteiger partial charge in [-0.15, -0.1) is 0 Å². The van der Waals surface area contributed by atoms with Crippen molar-refractivity contribution >= 4 is 23.5 Å². The molecule has 0 unspecified atom stereocenters. The molecular formula is C17H22N2O5. The Bertz CT molecular complexity index is 621. The van der Waals surface area contributed by atoms with E-state index < -0.39 is 17.8 Å². The number of methoxy groups -OCH3 is 1. The average molecular weight is 334 g/mol. The van der Waals surface area contributed by atoms with Crippen molar-refractivity contribution in [2.45, 2.75) is 44.6 Å². The van der Waals surface area contributed by atoms with E-state index in [1.807, 2.05) is 0 Å². The van der Waals surface area contributed by atoms with Gasteiger partial charge in [0.15, 0.2) is 0 Å². The Morgan fingerprint density at radius 3 is 2.38 bits per heavy atom. The lowest BCUT2D eigenvalue weighted by molar-refractivity contribution is -0.136. The minimum atomic E-state index is -0.805. The van der Waals surface area contributed by atoms with Crippen LogP contribution in [0.15, 0.2) is 18.2 Å². The minimum absolute atomic E-state index is 0.0243. The van der Waals surface area contributed by atoms with Crippen LogP contribution in [0.25, 0.3) is 0 Å². The number of rotatable bonds is 3. The Hall–Kier alpha value is -2.57. The molecule has 2 amide bonds. The van der Waals surface area contributed by atoms with Crippen LogP contribution in [0.4, 0.5) is 5.69 Å². The molecule has 0 radical (unpaired) electrons. The molecule has 1 aliphatic rings. The fourth-order valence-electron chi connectivity index (χ4n) is 2.75. The molecule has 0 atom stereocenters. The number of anilines is 1. The Morgan fingerprint density at radius 2 is 1.75 bits per heavy atom. The zero-order valence-corrected chi connectivity index (χ0v) is 13.6. The Labute approximate surface area is 140 Å². The molecule has 0 spiro atoms. The first-order valence-electron chi connectivity index (χ1n) is 8.04. The monoisotopic (exact) mass is 334 g/mol. The van der Waals surface area contributed by atoms with Crippen molar-refractivity contribution < 1.29 is 24.2 Å². The van der Waals surface area contributed by atoms with Crippen LogP contribution in [0.1, 0.15) is 48.9 Å². The van der Waals surface area contributed by atoms with Gasteiger partial charge in [0.2, 0.25) is 0 Å². The Morgan fingerprint density at radius 1 is 1.08 bits per heavy atom. The van der Waals surface area contributed by atoms with Gasteiger partial charge in [-0.1, -0.05) is 25.7 Å². The van der Waals surface area contributed by atoms with E-state index in [1.54, 1.807) is 0 Å². The number of hydrogen-bond donors (Lipinski definition) is 3. The quantitative estimate of drug-likeness (QED) is 0.339. The van der Waals surface area contributed by atoms with E-state index in [1.165, 1.54) is 25.3 Å². The molecule has 1 aromatic rings. The number of phenols is 1. The number of carbonyl (C=O) groups excluding carboxylic acids is 3. The minimum Gasteiger partial charge on any atom is -0.507 e. The van der Waals surface area contributed by atoms with E-state index in [9.17, 15) is 19.5 Å². The summed E-state index contributed by atoms with van der Waals surface area (Å²) in [4.78, 5) is 35.5. The predicted molar refractivity (Wildman–Crippen MR) is 87.7 cm³/mol. The second-order valence-corrected chi connectivity index (χ2v) is 5.84. The van der Waals surface area contributed by atoms with Crippen molar-refractivity contribution in [1.29, 1.82) is 0 Å². The number of carbonyl (C=O) groups is 3. The molecule has 0 saturated heterocycles. The van der Waals surface area contributed by atoms with Gasteiger partial charge in [-0.3, -0.25) is 9.59 Å². The van der Waals surface area contributed by atoms with Gasteiger partial charge in [-0.05, 0) is 31.0 Å². The van der Waals surface area contributed by atoms with Gasteiger partial charge in [-0.25, -0.2) is 4.79 Å². The third-order valence-electron chi connectivity index (χ3n) is 4.06. The molecule has 3 N–H and O–H groups in total. The summed E-state index contributed by atoms with van der Waals surface area (Å²) in [5.74, 6) is -2.50. The molecule has 24 heavy (non-hydrogen) atoms. The number of nitrogens with one attached hydrogen (secondary N) is 2. The zero-order valence-electron chi connectivity index (χ0n) is 13.6. The van der Waals surface area contributed by atoms with Crippen LogP contribution in [-0.4, -0.2) is 36.0 Å². The van der Waals surface area contributed by atoms with Gasteiger partial charge in [0, 0.05) is 11.7 Å². The van der Waals surface area contributed by atoms with E-state index >= 15 is 0 Å². The molecule has 1 saturated carbocycles. The maximum absolute atomic E-state index is 12.0. The predicted octanol–water partition coefficient (Wildman–Crippen LogP) is 1.96. The summed E-state index contributed by atoms with van der Waals surface area (Å²) >= 11 is 0. The Balaban J connectivity index is 1.98. The maximum atomic E-state index is 12.0. The van der Waals surface area contributed by atoms with Crippen LogP contribution in [0.3, 0.4) is 0 Å². The summed E-state index contributed by atoms with van der Waals surface area (Å²) in [7, 11) is 1.19. The van der Waals surface area contributed by atoms with Crippen molar-refractivity contribution in [3.63, 3.8) is 0 Å². The van der Waals surface area contributed by atoms with Crippen LogP contribution in [0.2, 0.25) is 0 Å². The average Bonchev–Trinajstić information content (AvgIpc) is 2.84. The van der Waals surface area contributed by atoms with Crippen molar-refractivity contribution in [2.75, 3.05) is 12.4 Å². The summed E-state index contributed by atoms with van der Waals surface area (Å²) in [6, 6.07) is 3.94. The summed E-state index contributed by atoms with van der Waals surface area (Å²) in [5.41, 5.74) is 0.147. The highest BCUT2D eigenvalue weighted by Gasteiger charge is 2.20. The van der Waals surface area contributed by atoms with Crippen LogP contribution >= 0.6 is 0 Å². The molecular weight excluding hydrogens is 312 g/mol. The first-order valence-corrected chi connectivity index (χ1v) is 8.04. The highest BCUT2D eigenvalue weighted by Crippen LogP contribution is 2.22. The number of hydrogen-bond acceptors (Lipinski definition) is 5. The SMILES string of the molecule is COC(=O)c1cc(NC(=O)C(=O)NC2CCCCCC2)ccc1O. The number of ether oxygens (including phenoxy) is 1. The second kappa shape index (κ2) is 8.33. The standard InChI is InChI=1S/C17H22N2O5/c1-24-17(23)13-10-12(8-9-14(13)20)19-16(22)15(21)18-11-6-4-2-3-5-7-11/h8-11,20H,2-7H2,1H3,(H,18,21)(H,19,22). The Kier molecular flexibility index (Phi) is 6.17. The molecule has 130 valence electrons. The summed E-state index contributed by atoms with van der Waals surface area (Å²) in [5, 5.41) is 14.8. The van der Waals surface area contributed by atoms with Gasteiger partial charge in [0.1, 0.15) is 11.3 Å². The van der Waals surface area contributed by atoms with E-state index in [2.05, 4.69) is 15.4 Å². The van der Waals surface area contributed by atoms with E-state index in [0.29, 0.717) is 0 Å². The molecule has 1 fully saturated rings. The molecule has 1 aliphatic carbocycles. The molecule has 7 heteroatoms. The first-order chi connectivity index (χ1) is 11.5. The van der Waals surface area contributed by atoms with Gasteiger partial charge >= 0.3 is 17.8 Å². The van der Waals surface area contributed by atoms with E-state index in [4.69, 9.17) is 0 Å². The summed E-state index contributed by atoms with van der Waals surface area (Å²) in [6.07, 6.45) is 6.17. The van der Waals surface area contributed by atoms with Crippen LogP contribution in [0.5, 0.6) is 5.75 Å². The number of benzene rings is 1. The fraction of sp³-hybridized carbons (Fsp3) is 0.471. The van der Waals surface area contributed by atoms with Gasteiger partial charge < -0.3 is 20.5 Å².